The van der Waals surface area contributed by atoms with Crippen molar-refractivity contribution in [2.24, 2.45) is 7.05 Å². The number of amides is 1. The minimum atomic E-state index is 0.0568. The molecule has 4 heteroatoms. The third-order valence-corrected chi connectivity index (χ3v) is 3.82. The van der Waals surface area contributed by atoms with E-state index < -0.39 is 0 Å². The Bertz CT molecular complexity index is 589. The number of carbonyl (C=O) groups excluding carboxylic acids is 1. The molecular weight excluding hydrogens is 284 g/mol. The second-order valence-electron chi connectivity index (χ2n) is 5.20. The van der Waals surface area contributed by atoms with Crippen molar-refractivity contribution in [1.82, 2.24) is 9.47 Å². The highest BCUT2D eigenvalue weighted by atomic mass is 35.5. The van der Waals surface area contributed by atoms with Crippen LogP contribution in [0.2, 0.25) is 5.02 Å². The highest BCUT2D eigenvalue weighted by Gasteiger charge is 2.16. The molecule has 0 bridgehead atoms. The molecule has 2 aromatic rings. The zero-order chi connectivity index (χ0) is 15.2. The molecule has 0 saturated heterocycles. The lowest BCUT2D eigenvalue weighted by Crippen LogP contribution is -2.32. The highest BCUT2D eigenvalue weighted by molar-refractivity contribution is 6.30. The predicted octanol–water partition coefficient (Wildman–Crippen LogP) is 4.12. The number of unbranched alkanes of at least 4 members (excludes halogenated alkanes) is 1. The van der Waals surface area contributed by atoms with Crippen molar-refractivity contribution in [3.05, 3.63) is 58.9 Å². The second-order valence-corrected chi connectivity index (χ2v) is 5.63. The van der Waals surface area contributed by atoms with E-state index in [0.29, 0.717) is 17.1 Å². The van der Waals surface area contributed by atoms with Crippen LogP contribution >= 0.6 is 11.6 Å². The van der Waals surface area contributed by atoms with Crippen LogP contribution in [0.4, 0.5) is 0 Å². The number of benzene rings is 1. The third kappa shape index (κ3) is 4.11. The zero-order valence-electron chi connectivity index (χ0n) is 12.6. The molecule has 1 amide bonds. The Kier molecular flexibility index (Phi) is 5.45. The first kappa shape index (κ1) is 15.6. The van der Waals surface area contributed by atoms with Crippen molar-refractivity contribution in [2.75, 3.05) is 6.54 Å². The van der Waals surface area contributed by atoms with E-state index in [1.54, 1.807) is 24.3 Å². The molecule has 0 atom stereocenters. The normalized spacial score (nSPS) is 10.6. The number of hydrogen-bond donors (Lipinski definition) is 0. The summed E-state index contributed by atoms with van der Waals surface area (Å²) in [4.78, 5) is 14.6. The van der Waals surface area contributed by atoms with Crippen LogP contribution in [0.15, 0.2) is 42.6 Å². The van der Waals surface area contributed by atoms with Crippen molar-refractivity contribution in [3.63, 3.8) is 0 Å². The first-order chi connectivity index (χ1) is 10.1. The number of carbonyl (C=O) groups is 1. The van der Waals surface area contributed by atoms with E-state index in [1.165, 1.54) is 0 Å². The fourth-order valence-corrected chi connectivity index (χ4v) is 2.36. The summed E-state index contributed by atoms with van der Waals surface area (Å²) in [7, 11) is 2.00. The SMILES string of the molecule is CCCCN(Cc1cccn1C)C(=O)c1ccc(Cl)cc1. The van der Waals surface area contributed by atoms with Crippen LogP contribution in [0, 0.1) is 0 Å². The maximum absolute atomic E-state index is 12.7. The van der Waals surface area contributed by atoms with E-state index in [0.717, 1.165) is 25.1 Å². The standard InChI is InChI=1S/C17H21ClN2O/c1-3-4-12-20(13-16-6-5-11-19(16)2)17(21)14-7-9-15(18)10-8-14/h5-11H,3-4,12-13H2,1-2H3. The number of hydrogen-bond acceptors (Lipinski definition) is 1. The van der Waals surface area contributed by atoms with E-state index in [9.17, 15) is 4.79 Å². The number of aromatic nitrogens is 1. The number of halogens is 1. The van der Waals surface area contributed by atoms with Gasteiger partial charge in [0.15, 0.2) is 0 Å². The van der Waals surface area contributed by atoms with Crippen molar-refractivity contribution in [1.29, 1.82) is 0 Å². The smallest absolute Gasteiger partial charge is 0.254 e. The lowest BCUT2D eigenvalue weighted by Gasteiger charge is -2.23. The largest absolute Gasteiger partial charge is 0.353 e. The topological polar surface area (TPSA) is 25.2 Å². The van der Waals surface area contributed by atoms with Gasteiger partial charge in [-0.05, 0) is 42.8 Å². The van der Waals surface area contributed by atoms with Gasteiger partial charge < -0.3 is 9.47 Å². The highest BCUT2D eigenvalue weighted by Crippen LogP contribution is 2.14. The van der Waals surface area contributed by atoms with Gasteiger partial charge in [0, 0.05) is 36.1 Å². The summed E-state index contributed by atoms with van der Waals surface area (Å²) < 4.78 is 2.05. The molecule has 0 spiro atoms. The van der Waals surface area contributed by atoms with Crippen molar-refractivity contribution in [2.45, 2.75) is 26.3 Å². The van der Waals surface area contributed by atoms with Gasteiger partial charge in [0.1, 0.15) is 0 Å². The van der Waals surface area contributed by atoms with Crippen LogP contribution < -0.4 is 0 Å². The molecule has 0 N–H and O–H groups in total. The van der Waals surface area contributed by atoms with Gasteiger partial charge in [0.25, 0.3) is 5.91 Å². The molecule has 0 unspecified atom stereocenters. The Hall–Kier alpha value is -1.74. The monoisotopic (exact) mass is 304 g/mol. The molecule has 0 aliphatic heterocycles. The van der Waals surface area contributed by atoms with Crippen LogP contribution in [0.3, 0.4) is 0 Å². The molecule has 1 heterocycles. The van der Waals surface area contributed by atoms with Gasteiger partial charge in [-0.25, -0.2) is 0 Å². The average molecular weight is 305 g/mol. The van der Waals surface area contributed by atoms with Gasteiger partial charge in [0.2, 0.25) is 0 Å². The summed E-state index contributed by atoms with van der Waals surface area (Å²) in [6.07, 6.45) is 4.07. The maximum atomic E-state index is 12.7. The molecule has 2 rings (SSSR count). The van der Waals surface area contributed by atoms with Gasteiger partial charge in [-0.15, -0.1) is 0 Å². The van der Waals surface area contributed by atoms with Gasteiger partial charge in [0.05, 0.1) is 6.54 Å². The molecule has 0 radical (unpaired) electrons. The molecule has 1 aromatic carbocycles. The second kappa shape index (κ2) is 7.32. The molecular formula is C17H21ClN2O. The molecule has 21 heavy (non-hydrogen) atoms. The lowest BCUT2D eigenvalue weighted by atomic mass is 10.2. The van der Waals surface area contributed by atoms with Crippen molar-refractivity contribution in [3.8, 4) is 0 Å². The molecule has 0 aliphatic carbocycles. The van der Waals surface area contributed by atoms with Gasteiger partial charge >= 0.3 is 0 Å². The zero-order valence-corrected chi connectivity index (χ0v) is 13.3. The van der Waals surface area contributed by atoms with Gasteiger partial charge in [-0.3, -0.25) is 4.79 Å². The van der Waals surface area contributed by atoms with Gasteiger partial charge in [-0.2, -0.15) is 0 Å². The van der Waals surface area contributed by atoms with E-state index >= 15 is 0 Å². The average Bonchev–Trinajstić information content (AvgIpc) is 2.88. The fraction of sp³-hybridized carbons (Fsp3) is 0.353. The van der Waals surface area contributed by atoms with Crippen LogP contribution in [0.5, 0.6) is 0 Å². The van der Waals surface area contributed by atoms with Crippen LogP contribution in [0.25, 0.3) is 0 Å². The van der Waals surface area contributed by atoms with Crippen LogP contribution in [-0.2, 0) is 13.6 Å². The Morgan fingerprint density at radius 3 is 2.52 bits per heavy atom. The number of aryl methyl sites for hydroxylation is 1. The maximum Gasteiger partial charge on any atom is 0.254 e. The molecule has 3 nitrogen and oxygen atoms in total. The summed E-state index contributed by atoms with van der Waals surface area (Å²) in [6, 6.07) is 11.1. The molecule has 0 fully saturated rings. The minimum absolute atomic E-state index is 0.0568. The van der Waals surface area contributed by atoms with E-state index in [4.69, 9.17) is 11.6 Å². The summed E-state index contributed by atoms with van der Waals surface area (Å²) in [5.74, 6) is 0.0568. The molecule has 0 aliphatic rings. The first-order valence-corrected chi connectivity index (χ1v) is 7.64. The molecule has 112 valence electrons. The Labute approximate surface area is 131 Å². The summed E-state index contributed by atoms with van der Waals surface area (Å²) >= 11 is 5.89. The molecule has 1 aromatic heterocycles. The summed E-state index contributed by atoms with van der Waals surface area (Å²) in [5.41, 5.74) is 1.82. The summed E-state index contributed by atoms with van der Waals surface area (Å²) in [5, 5.41) is 0.647. The number of rotatable bonds is 6. The van der Waals surface area contributed by atoms with Crippen LogP contribution in [-0.4, -0.2) is 21.9 Å². The fourth-order valence-electron chi connectivity index (χ4n) is 2.23. The predicted molar refractivity (Wildman–Crippen MR) is 86.5 cm³/mol. The Morgan fingerprint density at radius 2 is 1.95 bits per heavy atom. The quantitative estimate of drug-likeness (QED) is 0.788. The lowest BCUT2D eigenvalue weighted by molar-refractivity contribution is 0.0737. The number of nitrogens with zero attached hydrogens (tertiary/aromatic N) is 2. The van der Waals surface area contributed by atoms with Gasteiger partial charge in [-0.1, -0.05) is 24.9 Å². The van der Waals surface area contributed by atoms with Crippen molar-refractivity contribution < 1.29 is 4.79 Å². The van der Waals surface area contributed by atoms with Crippen molar-refractivity contribution >= 4 is 17.5 Å². The first-order valence-electron chi connectivity index (χ1n) is 7.27. The van der Waals surface area contributed by atoms with Crippen LogP contribution in [0.1, 0.15) is 35.8 Å². The van der Waals surface area contributed by atoms with E-state index in [2.05, 4.69) is 6.92 Å². The molecule has 0 saturated carbocycles. The third-order valence-electron chi connectivity index (χ3n) is 3.56. The van der Waals surface area contributed by atoms with E-state index in [-0.39, 0.29) is 5.91 Å². The Balaban J connectivity index is 2.16. The Morgan fingerprint density at radius 1 is 1.24 bits per heavy atom. The summed E-state index contributed by atoms with van der Waals surface area (Å²) in [6.45, 7) is 3.53. The minimum Gasteiger partial charge on any atom is -0.353 e. The van der Waals surface area contributed by atoms with E-state index in [1.807, 2.05) is 34.8 Å².